The van der Waals surface area contributed by atoms with Gasteiger partial charge in [-0.3, -0.25) is 4.79 Å². The number of anilines is 1. The van der Waals surface area contributed by atoms with Gasteiger partial charge in [0, 0.05) is 16.6 Å². The van der Waals surface area contributed by atoms with Crippen LogP contribution in [0.1, 0.15) is 41.3 Å². The van der Waals surface area contributed by atoms with Crippen LogP contribution in [0.4, 0.5) is 5.69 Å². The first-order valence-corrected chi connectivity index (χ1v) is 9.10. The first kappa shape index (κ1) is 18.7. The van der Waals surface area contributed by atoms with Gasteiger partial charge in [0.25, 0.3) is 0 Å². The molecule has 27 heavy (non-hydrogen) atoms. The number of hydrogen-bond acceptors (Lipinski definition) is 4. The molecule has 0 fully saturated rings. The molecule has 0 saturated carbocycles. The van der Waals surface area contributed by atoms with E-state index < -0.39 is 0 Å². The highest BCUT2D eigenvalue weighted by molar-refractivity contribution is 5.96. The summed E-state index contributed by atoms with van der Waals surface area (Å²) in [4.78, 5) is 24.3. The lowest BCUT2D eigenvalue weighted by molar-refractivity contribution is -0.115. The van der Waals surface area contributed by atoms with Gasteiger partial charge in [0.15, 0.2) is 0 Å². The fraction of sp³-hybridized carbons (Fsp3) is 0.273. The Morgan fingerprint density at radius 3 is 2.63 bits per heavy atom. The van der Waals surface area contributed by atoms with Crippen LogP contribution in [0.5, 0.6) is 0 Å². The van der Waals surface area contributed by atoms with Crippen molar-refractivity contribution < 1.29 is 18.7 Å². The summed E-state index contributed by atoms with van der Waals surface area (Å²) in [5.74, 6) is -0.487. The van der Waals surface area contributed by atoms with E-state index in [1.54, 1.807) is 30.5 Å². The van der Waals surface area contributed by atoms with Crippen LogP contribution < -0.4 is 5.32 Å². The maximum Gasteiger partial charge on any atom is 0.338 e. The highest BCUT2D eigenvalue weighted by atomic mass is 16.5. The molecule has 0 unspecified atom stereocenters. The Balaban J connectivity index is 1.60. The molecule has 1 aromatic heterocycles. The Kier molecular flexibility index (Phi) is 5.91. The zero-order valence-electron chi connectivity index (χ0n) is 15.6. The lowest BCUT2D eigenvalue weighted by Gasteiger charge is -2.07. The number of carbonyl (C=O) groups excluding carboxylic acids is 2. The van der Waals surface area contributed by atoms with Gasteiger partial charge < -0.3 is 14.5 Å². The van der Waals surface area contributed by atoms with Gasteiger partial charge in [0.05, 0.1) is 24.9 Å². The van der Waals surface area contributed by atoms with Gasteiger partial charge in [-0.1, -0.05) is 25.0 Å². The highest BCUT2D eigenvalue weighted by Crippen LogP contribution is 2.23. The molecule has 140 valence electrons. The highest BCUT2D eigenvalue weighted by Gasteiger charge is 2.12. The number of esters is 1. The molecule has 3 aromatic rings. The van der Waals surface area contributed by atoms with Crippen molar-refractivity contribution in [1.29, 1.82) is 0 Å². The first-order chi connectivity index (χ1) is 13.1. The lowest BCUT2D eigenvalue weighted by atomic mass is 10.1. The van der Waals surface area contributed by atoms with Crippen LogP contribution in [0.15, 0.2) is 53.1 Å². The number of aryl methyl sites for hydroxylation is 1. The van der Waals surface area contributed by atoms with E-state index in [1.165, 1.54) is 0 Å². The van der Waals surface area contributed by atoms with Crippen molar-refractivity contribution >= 4 is 28.5 Å². The van der Waals surface area contributed by atoms with Crippen LogP contribution in [0.3, 0.4) is 0 Å². The van der Waals surface area contributed by atoms with Gasteiger partial charge in [-0.25, -0.2) is 4.79 Å². The van der Waals surface area contributed by atoms with Crippen LogP contribution in [0, 0.1) is 6.92 Å². The number of carbonyl (C=O) groups is 2. The number of unbranched alkanes of at least 4 members (excludes halogenated alkanes) is 1. The van der Waals surface area contributed by atoms with Crippen LogP contribution >= 0.6 is 0 Å². The van der Waals surface area contributed by atoms with Crippen molar-refractivity contribution in [3.63, 3.8) is 0 Å². The van der Waals surface area contributed by atoms with E-state index in [4.69, 9.17) is 9.15 Å². The van der Waals surface area contributed by atoms with E-state index in [9.17, 15) is 9.59 Å². The summed E-state index contributed by atoms with van der Waals surface area (Å²) >= 11 is 0. The summed E-state index contributed by atoms with van der Waals surface area (Å²) in [6.45, 7) is 4.47. The Hall–Kier alpha value is -3.08. The Bertz CT molecular complexity index is 941. The molecule has 1 N–H and O–H groups in total. The van der Waals surface area contributed by atoms with Crippen molar-refractivity contribution in [3.8, 4) is 0 Å². The fourth-order valence-electron chi connectivity index (χ4n) is 2.79. The zero-order valence-corrected chi connectivity index (χ0v) is 15.6. The molecule has 0 atom stereocenters. The number of ether oxygens (including phenoxy) is 1. The third-order valence-electron chi connectivity index (χ3n) is 4.30. The maximum absolute atomic E-state index is 12.4. The topological polar surface area (TPSA) is 68.5 Å². The van der Waals surface area contributed by atoms with Crippen LogP contribution in [-0.2, 0) is 16.0 Å². The molecule has 2 aromatic carbocycles. The normalized spacial score (nSPS) is 10.7. The third kappa shape index (κ3) is 4.76. The number of furan rings is 1. The van der Waals surface area contributed by atoms with Gasteiger partial charge in [-0.15, -0.1) is 0 Å². The quantitative estimate of drug-likeness (QED) is 0.479. The molecule has 1 amide bonds. The smallest absolute Gasteiger partial charge is 0.338 e. The van der Waals surface area contributed by atoms with Crippen molar-refractivity contribution in [3.05, 3.63) is 65.4 Å². The van der Waals surface area contributed by atoms with Crippen molar-refractivity contribution in [1.82, 2.24) is 0 Å². The van der Waals surface area contributed by atoms with Crippen molar-refractivity contribution in [2.45, 2.75) is 33.1 Å². The van der Waals surface area contributed by atoms with Crippen LogP contribution in [0.2, 0.25) is 0 Å². The molecule has 0 spiro atoms. The number of nitrogens with one attached hydrogen (secondary N) is 1. The molecule has 1 heterocycles. The molecule has 0 saturated heterocycles. The lowest BCUT2D eigenvalue weighted by Crippen LogP contribution is -2.14. The molecular weight excluding hydrogens is 342 g/mol. The predicted molar refractivity (Wildman–Crippen MR) is 105 cm³/mol. The standard InChI is InChI=1S/C22H23NO4/c1-3-4-11-26-22(25)16-6-8-18(9-7-16)23-21(24)13-17-14-27-20-10-5-15(2)12-19(17)20/h5-10,12,14H,3-4,11,13H2,1-2H3,(H,23,24). The average Bonchev–Trinajstić information content (AvgIpc) is 3.04. The van der Waals surface area contributed by atoms with Crippen molar-refractivity contribution in [2.24, 2.45) is 0 Å². The number of rotatable bonds is 7. The van der Waals surface area contributed by atoms with Gasteiger partial charge in [-0.05, 0) is 49.7 Å². The average molecular weight is 365 g/mol. The second kappa shape index (κ2) is 8.54. The largest absolute Gasteiger partial charge is 0.464 e. The molecule has 3 rings (SSSR count). The molecular formula is C22H23NO4. The molecule has 5 heteroatoms. The summed E-state index contributed by atoms with van der Waals surface area (Å²) in [5.41, 5.74) is 3.85. The zero-order chi connectivity index (χ0) is 19.2. The Morgan fingerprint density at radius 1 is 1.11 bits per heavy atom. The SMILES string of the molecule is CCCCOC(=O)c1ccc(NC(=O)Cc2coc3ccc(C)cc23)cc1. The summed E-state index contributed by atoms with van der Waals surface area (Å²) < 4.78 is 10.7. The Morgan fingerprint density at radius 2 is 1.89 bits per heavy atom. The van der Waals surface area contributed by atoms with Crippen LogP contribution in [0.25, 0.3) is 11.0 Å². The fourth-order valence-corrected chi connectivity index (χ4v) is 2.79. The summed E-state index contributed by atoms with van der Waals surface area (Å²) in [6.07, 6.45) is 3.67. The van der Waals surface area contributed by atoms with Gasteiger partial charge in [-0.2, -0.15) is 0 Å². The van der Waals surface area contributed by atoms with E-state index in [2.05, 4.69) is 5.32 Å². The molecule has 0 aliphatic rings. The number of benzene rings is 2. The van der Waals surface area contributed by atoms with E-state index >= 15 is 0 Å². The van der Waals surface area contributed by atoms with Crippen LogP contribution in [-0.4, -0.2) is 18.5 Å². The number of fused-ring (bicyclic) bond motifs is 1. The first-order valence-electron chi connectivity index (χ1n) is 9.10. The second-order valence-electron chi connectivity index (χ2n) is 6.55. The van der Waals surface area contributed by atoms with E-state index in [-0.39, 0.29) is 18.3 Å². The minimum Gasteiger partial charge on any atom is -0.464 e. The van der Waals surface area contributed by atoms with Gasteiger partial charge in [0.2, 0.25) is 5.91 Å². The molecule has 5 nitrogen and oxygen atoms in total. The monoisotopic (exact) mass is 365 g/mol. The predicted octanol–water partition coefficient (Wildman–Crippen LogP) is 4.88. The Labute approximate surface area is 158 Å². The molecule has 0 bridgehead atoms. The molecule has 0 aliphatic heterocycles. The minimum atomic E-state index is -0.346. The third-order valence-corrected chi connectivity index (χ3v) is 4.30. The summed E-state index contributed by atoms with van der Waals surface area (Å²) in [5, 5.41) is 3.80. The van der Waals surface area contributed by atoms with E-state index in [1.807, 2.05) is 32.0 Å². The summed E-state index contributed by atoms with van der Waals surface area (Å²) in [6, 6.07) is 12.6. The maximum atomic E-state index is 12.4. The minimum absolute atomic E-state index is 0.141. The van der Waals surface area contributed by atoms with Gasteiger partial charge in [0.1, 0.15) is 5.58 Å². The second-order valence-corrected chi connectivity index (χ2v) is 6.55. The van der Waals surface area contributed by atoms with E-state index in [0.29, 0.717) is 17.9 Å². The molecule has 0 aliphatic carbocycles. The summed E-state index contributed by atoms with van der Waals surface area (Å²) in [7, 11) is 0. The number of hydrogen-bond donors (Lipinski definition) is 1. The van der Waals surface area contributed by atoms with Gasteiger partial charge >= 0.3 is 5.97 Å². The molecule has 0 radical (unpaired) electrons. The van der Waals surface area contributed by atoms with Crippen molar-refractivity contribution in [2.75, 3.05) is 11.9 Å². The number of amides is 1. The van der Waals surface area contributed by atoms with E-state index in [0.717, 1.165) is 34.9 Å².